The number of nitrogens with two attached hydrogens (primary N) is 1. The number of pyridine rings is 2. The molecule has 3 N–H and O–H groups in total. The maximum atomic E-state index is 12.1. The molecule has 0 aliphatic heterocycles. The Morgan fingerprint density at radius 3 is 2.72 bits per heavy atom. The van der Waals surface area contributed by atoms with Crippen LogP contribution in [-0.4, -0.2) is 39.6 Å². The van der Waals surface area contributed by atoms with E-state index in [0.717, 1.165) is 56.2 Å². The summed E-state index contributed by atoms with van der Waals surface area (Å²) in [5.74, 6) is 0.326. The van der Waals surface area contributed by atoms with Gasteiger partial charge in [0.25, 0.3) is 0 Å². The van der Waals surface area contributed by atoms with Crippen molar-refractivity contribution >= 4 is 16.8 Å². The first kappa shape index (κ1) is 23.4. The van der Waals surface area contributed by atoms with Gasteiger partial charge in [0.1, 0.15) is 5.82 Å². The number of rotatable bonds is 8. The number of hydrogen-bond acceptors (Lipinski definition) is 5. The molecular weight excluding hydrogens is 450 g/mol. The maximum absolute atomic E-state index is 12.1. The van der Waals surface area contributed by atoms with Crippen LogP contribution in [0.5, 0.6) is 0 Å². The molecule has 0 bridgehead atoms. The van der Waals surface area contributed by atoms with Crippen LogP contribution in [-0.2, 0) is 17.6 Å². The molecule has 3 heterocycles. The van der Waals surface area contributed by atoms with E-state index in [1.54, 1.807) is 13.3 Å². The summed E-state index contributed by atoms with van der Waals surface area (Å²) in [5.41, 5.74) is 13.3. The number of aromatic amines is 1. The number of ether oxygens (including phenoxy) is 1. The Hall–Kier alpha value is -4.36. The number of nitrogens with one attached hydrogen (secondary N) is 1. The average molecular weight is 478 g/mol. The molecule has 5 rings (SSSR count). The van der Waals surface area contributed by atoms with Crippen molar-refractivity contribution in [3.63, 3.8) is 0 Å². The summed E-state index contributed by atoms with van der Waals surface area (Å²) in [6.45, 7) is 2.49. The lowest BCUT2D eigenvalue weighted by atomic mass is 9.99. The lowest BCUT2D eigenvalue weighted by Crippen LogP contribution is -2.15. The van der Waals surface area contributed by atoms with Gasteiger partial charge in [0.2, 0.25) is 5.91 Å². The van der Waals surface area contributed by atoms with Crippen molar-refractivity contribution in [2.24, 2.45) is 5.73 Å². The Morgan fingerprint density at radius 1 is 1.03 bits per heavy atom. The second-order valence-electron chi connectivity index (χ2n) is 8.76. The molecule has 2 aromatic carbocycles. The van der Waals surface area contributed by atoms with Crippen LogP contribution >= 0.6 is 0 Å². The second-order valence-corrected chi connectivity index (χ2v) is 8.76. The standard InChI is InChI=1S/C29H27N5O2/c1-18-5-3-7-25(32-18)28-27(22-10-11-24-21(17-22)6-4-13-31-24)33-26(34-28)16-19-8-9-20(12-14-36-2)23(15-19)29(30)35/h3-11,13,15,17H,12,14,16H2,1-2H3,(H2,30,35)(H,33,34). The van der Waals surface area contributed by atoms with E-state index < -0.39 is 5.91 Å². The summed E-state index contributed by atoms with van der Waals surface area (Å²) in [4.78, 5) is 29.7. The van der Waals surface area contributed by atoms with Crippen LogP contribution in [0.4, 0.5) is 0 Å². The number of carbonyl (C=O) groups excluding carboxylic acids is 1. The average Bonchev–Trinajstić information content (AvgIpc) is 3.31. The predicted molar refractivity (Wildman–Crippen MR) is 141 cm³/mol. The van der Waals surface area contributed by atoms with Crippen LogP contribution in [0.3, 0.4) is 0 Å². The molecule has 0 saturated carbocycles. The van der Waals surface area contributed by atoms with Crippen LogP contribution in [0.15, 0.2) is 72.9 Å². The number of hydrogen-bond donors (Lipinski definition) is 2. The molecule has 0 saturated heterocycles. The molecule has 0 aliphatic carbocycles. The first-order valence-electron chi connectivity index (χ1n) is 11.8. The highest BCUT2D eigenvalue weighted by atomic mass is 16.5. The van der Waals surface area contributed by atoms with Crippen molar-refractivity contribution in [2.45, 2.75) is 19.8 Å². The molecule has 3 aromatic heterocycles. The van der Waals surface area contributed by atoms with Crippen LogP contribution < -0.4 is 5.73 Å². The van der Waals surface area contributed by atoms with E-state index in [-0.39, 0.29) is 0 Å². The summed E-state index contributed by atoms with van der Waals surface area (Å²) in [7, 11) is 1.64. The number of H-pyrrole nitrogens is 1. The van der Waals surface area contributed by atoms with Gasteiger partial charge in [-0.2, -0.15) is 0 Å². The summed E-state index contributed by atoms with van der Waals surface area (Å²) < 4.78 is 5.16. The molecule has 180 valence electrons. The fourth-order valence-corrected chi connectivity index (χ4v) is 4.39. The highest BCUT2D eigenvalue weighted by Crippen LogP contribution is 2.31. The number of nitrogens with zero attached hydrogens (tertiary/aromatic N) is 3. The van der Waals surface area contributed by atoms with Crippen molar-refractivity contribution in [3.8, 4) is 22.6 Å². The van der Waals surface area contributed by atoms with E-state index >= 15 is 0 Å². The fourth-order valence-electron chi connectivity index (χ4n) is 4.39. The second kappa shape index (κ2) is 10.1. The van der Waals surface area contributed by atoms with E-state index in [1.807, 2.05) is 67.6 Å². The smallest absolute Gasteiger partial charge is 0.248 e. The third-order valence-corrected chi connectivity index (χ3v) is 6.16. The molecule has 0 unspecified atom stereocenters. The quantitative estimate of drug-likeness (QED) is 0.331. The van der Waals surface area contributed by atoms with Crippen LogP contribution in [0.2, 0.25) is 0 Å². The highest BCUT2D eigenvalue weighted by Gasteiger charge is 2.17. The highest BCUT2D eigenvalue weighted by molar-refractivity contribution is 5.94. The molecule has 0 atom stereocenters. The largest absolute Gasteiger partial charge is 0.384 e. The molecule has 0 fully saturated rings. The number of amides is 1. The fraction of sp³-hybridized carbons (Fsp3) is 0.172. The molecule has 0 radical (unpaired) electrons. The lowest BCUT2D eigenvalue weighted by molar-refractivity contribution is 0.0998. The van der Waals surface area contributed by atoms with E-state index in [0.29, 0.717) is 25.0 Å². The molecule has 7 nitrogen and oxygen atoms in total. The minimum Gasteiger partial charge on any atom is -0.384 e. The zero-order valence-corrected chi connectivity index (χ0v) is 20.3. The number of aryl methyl sites for hydroxylation is 1. The van der Waals surface area contributed by atoms with Gasteiger partial charge in [-0.05, 0) is 60.9 Å². The summed E-state index contributed by atoms with van der Waals surface area (Å²) >= 11 is 0. The Balaban J connectivity index is 1.56. The number of imidazole rings is 1. The summed E-state index contributed by atoms with van der Waals surface area (Å²) in [5, 5.41) is 1.04. The van der Waals surface area contributed by atoms with Gasteiger partial charge >= 0.3 is 0 Å². The zero-order chi connectivity index (χ0) is 25.1. The van der Waals surface area contributed by atoms with Crippen molar-refractivity contribution in [1.29, 1.82) is 0 Å². The van der Waals surface area contributed by atoms with E-state index in [9.17, 15) is 4.79 Å². The van der Waals surface area contributed by atoms with Crippen LogP contribution in [0.25, 0.3) is 33.5 Å². The molecule has 0 spiro atoms. The molecule has 1 amide bonds. The Kier molecular flexibility index (Phi) is 6.56. The molecule has 0 aliphatic rings. The number of methoxy groups -OCH3 is 1. The van der Waals surface area contributed by atoms with E-state index in [1.165, 1.54) is 0 Å². The topological polar surface area (TPSA) is 107 Å². The molecular formula is C29H27N5O2. The first-order chi connectivity index (χ1) is 17.5. The van der Waals surface area contributed by atoms with Gasteiger partial charge in [-0.25, -0.2) is 4.98 Å². The van der Waals surface area contributed by atoms with Crippen molar-refractivity contribution in [1.82, 2.24) is 19.9 Å². The number of fused-ring (bicyclic) bond motifs is 1. The minimum atomic E-state index is -0.447. The number of aromatic nitrogens is 4. The molecule has 7 heteroatoms. The van der Waals surface area contributed by atoms with Crippen molar-refractivity contribution in [3.05, 3.63) is 101 Å². The van der Waals surface area contributed by atoms with Crippen LogP contribution in [0.1, 0.15) is 33.0 Å². The van der Waals surface area contributed by atoms with Crippen molar-refractivity contribution in [2.75, 3.05) is 13.7 Å². The monoisotopic (exact) mass is 477 g/mol. The first-order valence-corrected chi connectivity index (χ1v) is 11.8. The number of benzene rings is 2. The number of carbonyl (C=O) groups is 1. The van der Waals surface area contributed by atoms with Crippen molar-refractivity contribution < 1.29 is 9.53 Å². The van der Waals surface area contributed by atoms with Gasteiger partial charge in [0, 0.05) is 41.9 Å². The van der Waals surface area contributed by atoms with Gasteiger partial charge in [0.05, 0.1) is 29.2 Å². The minimum absolute atomic E-state index is 0.447. The third-order valence-electron chi connectivity index (χ3n) is 6.16. The lowest BCUT2D eigenvalue weighted by Gasteiger charge is -2.09. The zero-order valence-electron chi connectivity index (χ0n) is 20.3. The number of primary amides is 1. The third kappa shape index (κ3) is 4.87. The van der Waals surface area contributed by atoms with Gasteiger partial charge in [-0.15, -0.1) is 0 Å². The van der Waals surface area contributed by atoms with E-state index in [2.05, 4.69) is 16.0 Å². The van der Waals surface area contributed by atoms with E-state index in [4.69, 9.17) is 20.4 Å². The van der Waals surface area contributed by atoms with Gasteiger partial charge in [0.15, 0.2) is 0 Å². The Labute approximate surface area is 209 Å². The Morgan fingerprint density at radius 2 is 1.92 bits per heavy atom. The summed E-state index contributed by atoms with van der Waals surface area (Å²) in [6.07, 6.45) is 2.93. The maximum Gasteiger partial charge on any atom is 0.248 e. The predicted octanol–water partition coefficient (Wildman–Crippen LogP) is 4.87. The van der Waals surface area contributed by atoms with Gasteiger partial charge < -0.3 is 15.5 Å². The van der Waals surface area contributed by atoms with Crippen LogP contribution in [0, 0.1) is 6.92 Å². The molecule has 5 aromatic rings. The SMILES string of the molecule is COCCc1ccc(Cc2nc(-c3ccc4ncccc4c3)c(-c3cccc(C)n3)[nH]2)cc1C(N)=O. The molecule has 36 heavy (non-hydrogen) atoms. The Bertz CT molecular complexity index is 1560. The van der Waals surface area contributed by atoms with Gasteiger partial charge in [-0.1, -0.05) is 30.3 Å². The normalized spacial score (nSPS) is 11.2. The van der Waals surface area contributed by atoms with Gasteiger partial charge in [-0.3, -0.25) is 14.8 Å². The summed E-state index contributed by atoms with van der Waals surface area (Å²) in [6, 6.07) is 21.8.